The second-order valence-corrected chi connectivity index (χ2v) is 22.3. The van der Waals surface area contributed by atoms with Crippen LogP contribution in [0.3, 0.4) is 0 Å². The third-order valence-electron chi connectivity index (χ3n) is 12.1. The molecule has 20 heteroatoms. The molecule has 3 aliphatic rings. The van der Waals surface area contributed by atoms with E-state index in [4.69, 9.17) is 16.6 Å². The van der Waals surface area contributed by atoms with Gasteiger partial charge >= 0.3 is 70.9 Å². The minimum atomic E-state index is -4.76. The number of hydrogen-bond acceptors (Lipinski definition) is 12. The molecule has 3 heterocycles. The minimum Gasteiger partial charge on any atom is -0.748 e. The number of rotatable bonds is 19. The van der Waals surface area contributed by atoms with Crippen LogP contribution in [-0.4, -0.2) is 73.7 Å². The molecular weight excluding hydrogens is 948 g/mol. The normalized spacial score (nSPS) is 17.8. The average molecular weight is 1000 g/mol. The fourth-order valence-corrected chi connectivity index (χ4v) is 10.6. The summed E-state index contributed by atoms with van der Waals surface area (Å²) in [6, 6.07) is 14.1. The molecular formula is C46H52ClN3Na2O11S3. The molecule has 66 heavy (non-hydrogen) atoms. The van der Waals surface area contributed by atoms with Crippen molar-refractivity contribution in [1.29, 1.82) is 0 Å². The summed E-state index contributed by atoms with van der Waals surface area (Å²) in [5.74, 6) is -1.14. The predicted octanol–water partition coefficient (Wildman–Crippen LogP) is 1.37. The van der Waals surface area contributed by atoms with E-state index in [0.29, 0.717) is 73.7 Å². The number of fused-ring (bicyclic) bond motifs is 2. The van der Waals surface area contributed by atoms with Gasteiger partial charge in [0.05, 0.1) is 47.7 Å². The molecule has 0 saturated heterocycles. The number of hydrogen-bond donors (Lipinski definition) is 1. The maximum Gasteiger partial charge on any atom is 1.00 e. The number of carboxylic acid groups (broad SMARTS) is 1. The molecule has 0 atom stereocenters. The Kier molecular flexibility index (Phi) is 19.1. The maximum atomic E-state index is 12.1. The van der Waals surface area contributed by atoms with E-state index >= 15 is 0 Å². The number of unbranched alkanes of at least 4 members (excludes halogenated alkanes) is 2. The number of aliphatic carboxylic acids is 1. The zero-order valence-electron chi connectivity index (χ0n) is 38.2. The minimum absolute atomic E-state index is 0. The first-order valence-corrected chi connectivity index (χ1v) is 26.0. The van der Waals surface area contributed by atoms with Crippen molar-refractivity contribution in [3.63, 3.8) is 0 Å². The van der Waals surface area contributed by atoms with Crippen molar-refractivity contribution in [3.05, 3.63) is 123 Å². The van der Waals surface area contributed by atoms with Crippen molar-refractivity contribution < 1.29 is 112 Å². The second-order valence-electron chi connectivity index (χ2n) is 17.5. The Balaban J connectivity index is 0.00000476. The molecule has 0 spiro atoms. The summed E-state index contributed by atoms with van der Waals surface area (Å²) in [6.07, 6.45) is 13.3. The second kappa shape index (κ2) is 22.5. The summed E-state index contributed by atoms with van der Waals surface area (Å²) in [5, 5.41) is 9.78. The Bertz CT molecular complexity index is 2860. The smallest absolute Gasteiger partial charge is 0.748 e. The van der Waals surface area contributed by atoms with Gasteiger partial charge in [0.25, 0.3) is 0 Å². The van der Waals surface area contributed by atoms with E-state index in [1.165, 1.54) is 12.1 Å². The number of anilines is 1. The third kappa shape index (κ3) is 13.9. The number of benzene rings is 2. The molecule has 2 aliphatic heterocycles. The number of halogens is 1. The summed E-state index contributed by atoms with van der Waals surface area (Å²) in [5.41, 5.74) is 7.33. The van der Waals surface area contributed by atoms with Crippen LogP contribution in [0, 0.1) is 0 Å². The van der Waals surface area contributed by atoms with Crippen LogP contribution < -0.4 is 68.6 Å². The Morgan fingerprint density at radius 3 is 2.17 bits per heavy atom. The molecule has 344 valence electrons. The molecule has 6 rings (SSSR count). The van der Waals surface area contributed by atoms with E-state index in [2.05, 4.69) is 26.0 Å². The zero-order chi connectivity index (χ0) is 46.8. The molecule has 0 unspecified atom stereocenters. The summed E-state index contributed by atoms with van der Waals surface area (Å²) in [6.45, 7) is 8.70. The monoisotopic (exact) mass is 999 g/mol. The maximum absolute atomic E-state index is 12.1. The van der Waals surface area contributed by atoms with E-state index in [-0.39, 0.29) is 83.3 Å². The van der Waals surface area contributed by atoms with Crippen molar-refractivity contribution in [1.82, 2.24) is 0 Å². The van der Waals surface area contributed by atoms with Gasteiger partial charge in [0.1, 0.15) is 16.3 Å². The van der Waals surface area contributed by atoms with Gasteiger partial charge in [-0.3, -0.25) is 4.79 Å². The van der Waals surface area contributed by atoms with Crippen molar-refractivity contribution in [2.24, 2.45) is 4.99 Å². The Labute approximate surface area is 437 Å². The van der Waals surface area contributed by atoms with Gasteiger partial charge in [-0.25, -0.2) is 29.8 Å². The Morgan fingerprint density at radius 1 is 0.833 bits per heavy atom. The van der Waals surface area contributed by atoms with E-state index in [1.807, 2.05) is 65.8 Å². The van der Waals surface area contributed by atoms with Gasteiger partial charge in [-0.2, -0.15) is 0 Å². The molecule has 14 nitrogen and oxygen atoms in total. The van der Waals surface area contributed by atoms with Crippen LogP contribution in [-0.2, 0) is 58.9 Å². The third-order valence-corrected chi connectivity index (χ3v) is 14.7. The van der Waals surface area contributed by atoms with Gasteiger partial charge in [-0.1, -0.05) is 61.9 Å². The van der Waals surface area contributed by atoms with Crippen molar-refractivity contribution in [2.75, 3.05) is 23.0 Å². The first kappa shape index (κ1) is 56.1. The number of aliphatic imine (C=N–C) groups is 1. The molecule has 1 aromatic heterocycles. The molecule has 0 fully saturated rings. The molecule has 1 N–H and O–H groups in total. The van der Waals surface area contributed by atoms with E-state index in [1.54, 1.807) is 12.3 Å². The van der Waals surface area contributed by atoms with E-state index in [9.17, 15) is 48.8 Å². The molecule has 3 aromatic rings. The van der Waals surface area contributed by atoms with Crippen molar-refractivity contribution in [3.8, 4) is 0 Å². The SMILES string of the molecule is CC1(C)C(/C=C\C2=C(c3cccc(CCCC(=O)O)c3)C(=C/C=C3\N(CCCCS(=O)(=O)[O-])c4ccc(S(=O)(=O)[O-])cc4C3(C)C)/CC2)=Nc2c1cc(Cl)c[n+]2CCCCS(=O)(=O)[O-].[Na+].[Na+]. The Morgan fingerprint density at radius 2 is 1.52 bits per heavy atom. The number of carbonyl (C=O) groups is 1. The fraction of sp³-hybridized carbons (Fsp3) is 0.413. The zero-order valence-corrected chi connectivity index (χ0v) is 45.4. The van der Waals surface area contributed by atoms with Crippen LogP contribution >= 0.6 is 11.6 Å². The van der Waals surface area contributed by atoms with Crippen molar-refractivity contribution in [2.45, 2.75) is 108 Å². The van der Waals surface area contributed by atoms with Gasteiger partial charge in [0.15, 0.2) is 5.71 Å². The summed E-state index contributed by atoms with van der Waals surface area (Å²) < 4.78 is 106. The summed E-state index contributed by atoms with van der Waals surface area (Å²) in [4.78, 5) is 18.0. The van der Waals surface area contributed by atoms with Crippen molar-refractivity contribution >= 4 is 70.7 Å². The quantitative estimate of drug-likeness (QED) is 0.0778. The van der Waals surface area contributed by atoms with Gasteiger partial charge < -0.3 is 23.7 Å². The van der Waals surface area contributed by atoms with Crippen LogP contribution in [0.15, 0.2) is 106 Å². The molecule has 0 saturated carbocycles. The molecule has 0 amide bonds. The number of aromatic nitrogens is 1. The van der Waals surface area contributed by atoms with Crippen LogP contribution in [0.25, 0.3) is 5.57 Å². The van der Waals surface area contributed by atoms with Crippen LogP contribution in [0.1, 0.15) is 101 Å². The van der Waals surface area contributed by atoms with Gasteiger partial charge in [-0.05, 0) is 140 Å². The topological polar surface area (TPSA) is 228 Å². The van der Waals surface area contributed by atoms with Crippen LogP contribution in [0.5, 0.6) is 0 Å². The number of allylic oxidation sites excluding steroid dienone is 8. The van der Waals surface area contributed by atoms with Crippen LogP contribution in [0.2, 0.25) is 5.02 Å². The number of aryl methyl sites for hydroxylation is 2. The first-order valence-electron chi connectivity index (χ1n) is 21.1. The number of carboxylic acids is 1. The van der Waals surface area contributed by atoms with Gasteiger partial charge in [0.2, 0.25) is 0 Å². The van der Waals surface area contributed by atoms with Crippen LogP contribution in [0.4, 0.5) is 11.5 Å². The number of nitrogens with zero attached hydrogens (tertiary/aromatic N) is 3. The summed E-state index contributed by atoms with van der Waals surface area (Å²) >= 11 is 6.58. The Hall–Kier alpha value is -2.49. The van der Waals surface area contributed by atoms with Gasteiger partial charge in [0, 0.05) is 41.3 Å². The first-order chi connectivity index (χ1) is 29.8. The fourth-order valence-electron chi connectivity index (χ4n) is 8.77. The van der Waals surface area contributed by atoms with E-state index in [0.717, 1.165) is 44.8 Å². The average Bonchev–Trinajstić information content (AvgIpc) is 3.78. The number of pyridine rings is 1. The molecule has 0 bridgehead atoms. The predicted molar refractivity (Wildman–Crippen MR) is 243 cm³/mol. The molecule has 1 aliphatic carbocycles. The standard InChI is InChI=1S/C46H54ClN3O11S3.2Na/c1-45(2)38-28-35(47)30-49(23-5-7-25-62(53,54)55)44(38)48-40(45)21-17-32-15-16-33(43(32)34-13-9-11-31(27-34)12-10-14-42(51)52)18-22-41-46(3,4)37-29-36(64(59,60)61)19-20-39(37)50(41)24-6-8-26-63(56,57)58;;/h9,11,13,17-22,27-30H,5-8,10,12,14-16,23-26H2,1-4H3,(H3-,51,52,53,54,55,56,57,58,59,60,61);;/q;2*+1/p-2. The molecule has 0 radical (unpaired) electrons. The molecule has 2 aromatic carbocycles. The summed E-state index contributed by atoms with van der Waals surface area (Å²) in [7, 11) is -13.5. The largest absolute Gasteiger partial charge is 1.00 e. The van der Waals surface area contributed by atoms with E-state index < -0.39 is 58.7 Å². The van der Waals surface area contributed by atoms with Gasteiger partial charge in [-0.15, -0.1) is 0 Å².